The summed E-state index contributed by atoms with van der Waals surface area (Å²) in [5.74, 6) is 1.15. The van der Waals surface area contributed by atoms with Crippen molar-refractivity contribution in [3.8, 4) is 5.75 Å². The first-order valence-electron chi connectivity index (χ1n) is 8.11. The monoisotopic (exact) mass is 325 g/mol. The van der Waals surface area contributed by atoms with Gasteiger partial charge in [-0.3, -0.25) is 0 Å². The van der Waals surface area contributed by atoms with Gasteiger partial charge in [0.25, 0.3) is 0 Å². The van der Waals surface area contributed by atoms with Gasteiger partial charge in [0.15, 0.2) is 0 Å². The van der Waals surface area contributed by atoms with E-state index in [2.05, 4.69) is 11.6 Å². The highest BCUT2D eigenvalue weighted by Crippen LogP contribution is 2.28. The van der Waals surface area contributed by atoms with Crippen LogP contribution >= 0.6 is 0 Å². The molecule has 4 nitrogen and oxygen atoms in total. The normalized spacial score (nSPS) is 22.5. The number of aryl methyl sites for hydroxylation is 2. The highest BCUT2D eigenvalue weighted by atomic mass is 32.2. The molecule has 0 unspecified atom stereocenters. The Kier molecular flexibility index (Phi) is 5.50. The molecule has 1 aliphatic carbocycles. The lowest BCUT2D eigenvalue weighted by Crippen LogP contribution is -2.41. The van der Waals surface area contributed by atoms with Gasteiger partial charge in [-0.15, -0.1) is 0 Å². The first-order valence-corrected chi connectivity index (χ1v) is 9.60. The van der Waals surface area contributed by atoms with Gasteiger partial charge in [0.2, 0.25) is 10.0 Å². The molecule has 0 radical (unpaired) electrons. The fourth-order valence-corrected chi connectivity index (χ4v) is 4.81. The van der Waals surface area contributed by atoms with Crippen LogP contribution in [0.1, 0.15) is 50.7 Å². The minimum atomic E-state index is -3.48. The number of hydrogen-bond donors (Lipinski definition) is 1. The molecule has 1 fully saturated rings. The molecule has 0 amide bonds. The molecule has 1 saturated carbocycles. The van der Waals surface area contributed by atoms with Crippen LogP contribution < -0.4 is 9.46 Å². The molecular weight excluding hydrogens is 298 g/mol. The molecule has 0 saturated heterocycles. The van der Waals surface area contributed by atoms with Crippen molar-refractivity contribution in [2.75, 3.05) is 6.61 Å². The highest BCUT2D eigenvalue weighted by molar-refractivity contribution is 7.89. The lowest BCUT2D eigenvalue weighted by Gasteiger charge is -2.29. The molecule has 1 aromatic carbocycles. The van der Waals surface area contributed by atoms with E-state index in [-0.39, 0.29) is 6.04 Å². The van der Waals surface area contributed by atoms with Crippen LogP contribution in [0.25, 0.3) is 0 Å². The summed E-state index contributed by atoms with van der Waals surface area (Å²) in [7, 11) is -3.48. The standard InChI is InChI=1S/C17H27NO3S/c1-5-21-16-10-14(4)17(11-13(16)3)22(19,20)18-15-9-7-6-8-12(15)2/h10-12,15,18H,5-9H2,1-4H3/t12-,15+/m0/s1. The summed E-state index contributed by atoms with van der Waals surface area (Å²) in [5, 5.41) is 0. The van der Waals surface area contributed by atoms with Crippen LogP contribution in [0.3, 0.4) is 0 Å². The molecule has 124 valence electrons. The lowest BCUT2D eigenvalue weighted by atomic mass is 9.87. The number of hydrogen-bond acceptors (Lipinski definition) is 3. The van der Waals surface area contributed by atoms with Crippen LogP contribution in [0.4, 0.5) is 0 Å². The first-order chi connectivity index (χ1) is 10.3. The minimum Gasteiger partial charge on any atom is -0.494 e. The van der Waals surface area contributed by atoms with E-state index in [9.17, 15) is 8.42 Å². The maximum Gasteiger partial charge on any atom is 0.241 e. The van der Waals surface area contributed by atoms with Crippen LogP contribution in [-0.2, 0) is 10.0 Å². The van der Waals surface area contributed by atoms with Gasteiger partial charge >= 0.3 is 0 Å². The van der Waals surface area contributed by atoms with Gasteiger partial charge in [-0.25, -0.2) is 13.1 Å². The van der Waals surface area contributed by atoms with Gasteiger partial charge < -0.3 is 4.74 Å². The molecule has 2 rings (SSSR count). The van der Waals surface area contributed by atoms with Crippen LogP contribution in [-0.4, -0.2) is 21.1 Å². The number of nitrogens with one attached hydrogen (secondary N) is 1. The van der Waals surface area contributed by atoms with Crippen molar-refractivity contribution in [2.45, 2.75) is 64.3 Å². The van der Waals surface area contributed by atoms with Gasteiger partial charge in [-0.1, -0.05) is 19.8 Å². The largest absolute Gasteiger partial charge is 0.494 e. The third-order valence-corrected chi connectivity index (χ3v) is 6.11. The maximum absolute atomic E-state index is 12.7. The van der Waals surface area contributed by atoms with E-state index in [0.29, 0.717) is 17.4 Å². The van der Waals surface area contributed by atoms with Crippen molar-refractivity contribution in [1.82, 2.24) is 4.72 Å². The van der Waals surface area contributed by atoms with E-state index < -0.39 is 10.0 Å². The highest BCUT2D eigenvalue weighted by Gasteiger charge is 2.28. The molecule has 0 heterocycles. The van der Waals surface area contributed by atoms with Crippen LogP contribution in [0.2, 0.25) is 0 Å². The van der Waals surface area contributed by atoms with Crippen molar-refractivity contribution < 1.29 is 13.2 Å². The van der Waals surface area contributed by atoms with Crippen molar-refractivity contribution in [3.63, 3.8) is 0 Å². The van der Waals surface area contributed by atoms with Crippen molar-refractivity contribution >= 4 is 10.0 Å². The van der Waals surface area contributed by atoms with Crippen molar-refractivity contribution in [1.29, 1.82) is 0 Å². The molecule has 0 spiro atoms. The molecule has 1 aromatic rings. The molecule has 1 aliphatic rings. The third kappa shape index (κ3) is 3.82. The SMILES string of the molecule is CCOc1cc(C)c(S(=O)(=O)N[C@@H]2CCCC[C@@H]2C)cc1C. The van der Waals surface area contributed by atoms with E-state index in [1.54, 1.807) is 6.07 Å². The lowest BCUT2D eigenvalue weighted by molar-refractivity contribution is 0.310. The molecule has 2 atom stereocenters. The predicted molar refractivity (Wildman–Crippen MR) is 88.8 cm³/mol. The average Bonchev–Trinajstić information content (AvgIpc) is 2.45. The zero-order chi connectivity index (χ0) is 16.3. The Morgan fingerprint density at radius 2 is 1.86 bits per heavy atom. The van der Waals surface area contributed by atoms with E-state index in [1.165, 1.54) is 6.42 Å². The second kappa shape index (κ2) is 7.01. The number of sulfonamides is 1. The molecule has 22 heavy (non-hydrogen) atoms. The molecular formula is C17H27NO3S. The van der Waals surface area contributed by atoms with E-state index in [1.807, 2.05) is 26.8 Å². The summed E-state index contributed by atoms with van der Waals surface area (Å²) in [5.41, 5.74) is 1.58. The maximum atomic E-state index is 12.7. The van der Waals surface area contributed by atoms with Gasteiger partial charge in [0.05, 0.1) is 11.5 Å². The van der Waals surface area contributed by atoms with Gasteiger partial charge in [0, 0.05) is 6.04 Å². The zero-order valence-electron chi connectivity index (χ0n) is 14.0. The molecule has 0 aromatic heterocycles. The fraction of sp³-hybridized carbons (Fsp3) is 0.647. The smallest absolute Gasteiger partial charge is 0.241 e. The second-order valence-corrected chi connectivity index (χ2v) is 7.99. The van der Waals surface area contributed by atoms with Crippen LogP contribution in [0.15, 0.2) is 17.0 Å². The Morgan fingerprint density at radius 3 is 2.50 bits per heavy atom. The summed E-state index contributed by atoms with van der Waals surface area (Å²) in [4.78, 5) is 0.367. The minimum absolute atomic E-state index is 0.0463. The van der Waals surface area contributed by atoms with Gasteiger partial charge in [-0.05, 0) is 62.8 Å². The van der Waals surface area contributed by atoms with E-state index >= 15 is 0 Å². The number of ether oxygens (including phenoxy) is 1. The summed E-state index contributed by atoms with van der Waals surface area (Å²) in [6.07, 6.45) is 4.31. The van der Waals surface area contributed by atoms with E-state index in [0.717, 1.165) is 36.1 Å². The average molecular weight is 325 g/mol. The third-order valence-electron chi connectivity index (χ3n) is 4.48. The Hall–Kier alpha value is -1.07. The molecule has 5 heteroatoms. The number of rotatable bonds is 5. The summed E-state index contributed by atoms with van der Waals surface area (Å²) in [6, 6.07) is 3.58. The summed E-state index contributed by atoms with van der Waals surface area (Å²) >= 11 is 0. The topological polar surface area (TPSA) is 55.4 Å². The second-order valence-electron chi connectivity index (χ2n) is 6.31. The fourth-order valence-electron chi connectivity index (χ4n) is 3.12. The van der Waals surface area contributed by atoms with Crippen LogP contribution in [0.5, 0.6) is 5.75 Å². The summed E-state index contributed by atoms with van der Waals surface area (Å²) < 4.78 is 33.9. The van der Waals surface area contributed by atoms with Gasteiger partial charge in [0.1, 0.15) is 5.75 Å². The predicted octanol–water partition coefficient (Wildman–Crippen LogP) is 3.56. The number of benzene rings is 1. The first kappa shape index (κ1) is 17.3. The summed E-state index contributed by atoms with van der Waals surface area (Å²) in [6.45, 7) is 8.33. The molecule has 0 aliphatic heterocycles. The van der Waals surface area contributed by atoms with Crippen molar-refractivity contribution in [3.05, 3.63) is 23.3 Å². The Bertz CT molecular complexity index is 625. The van der Waals surface area contributed by atoms with Crippen molar-refractivity contribution in [2.24, 2.45) is 5.92 Å². The Balaban J connectivity index is 2.27. The van der Waals surface area contributed by atoms with Crippen LogP contribution in [0, 0.1) is 19.8 Å². The quantitative estimate of drug-likeness (QED) is 0.900. The van der Waals surface area contributed by atoms with Gasteiger partial charge in [-0.2, -0.15) is 0 Å². The molecule has 1 N–H and O–H groups in total. The Labute approximate surface area is 134 Å². The van der Waals surface area contributed by atoms with E-state index in [4.69, 9.17) is 4.74 Å². The molecule has 0 bridgehead atoms. The Morgan fingerprint density at radius 1 is 1.18 bits per heavy atom. The zero-order valence-corrected chi connectivity index (χ0v) is 14.8.